The van der Waals surface area contributed by atoms with Crippen molar-refractivity contribution < 1.29 is 8.81 Å². The minimum absolute atomic E-state index is 0.287. The zero-order chi connectivity index (χ0) is 10.4. The molecule has 3 rings (SSSR count). The third-order valence-corrected chi connectivity index (χ3v) is 2.65. The molecule has 0 bridgehead atoms. The largest absolute Gasteiger partial charge is 0.453 e. The zero-order valence-electron chi connectivity index (χ0n) is 7.63. The van der Waals surface area contributed by atoms with Crippen LogP contribution in [0.25, 0.3) is 21.9 Å². The van der Waals surface area contributed by atoms with E-state index in [1.54, 1.807) is 24.3 Å². The monoisotopic (exact) mass is 220 g/mol. The van der Waals surface area contributed by atoms with Crippen LogP contribution in [0.3, 0.4) is 0 Å². The van der Waals surface area contributed by atoms with Crippen molar-refractivity contribution in [3.05, 3.63) is 47.2 Å². The first kappa shape index (κ1) is 8.74. The minimum atomic E-state index is -0.347. The first-order valence-electron chi connectivity index (χ1n) is 4.52. The molecule has 0 aliphatic rings. The van der Waals surface area contributed by atoms with Gasteiger partial charge in [-0.2, -0.15) is 0 Å². The van der Waals surface area contributed by atoms with E-state index in [4.69, 9.17) is 16.0 Å². The van der Waals surface area contributed by atoms with Gasteiger partial charge in [-0.1, -0.05) is 23.7 Å². The van der Waals surface area contributed by atoms with Crippen molar-refractivity contribution in [1.29, 1.82) is 0 Å². The third kappa shape index (κ3) is 1.22. The number of benzene rings is 2. The van der Waals surface area contributed by atoms with E-state index in [0.717, 1.165) is 10.8 Å². The van der Waals surface area contributed by atoms with Crippen molar-refractivity contribution in [2.45, 2.75) is 0 Å². The van der Waals surface area contributed by atoms with Gasteiger partial charge in [-0.3, -0.25) is 0 Å². The molecule has 0 N–H and O–H groups in total. The van der Waals surface area contributed by atoms with Crippen molar-refractivity contribution >= 4 is 33.5 Å². The van der Waals surface area contributed by atoms with Crippen LogP contribution in [0, 0.1) is 5.82 Å². The standard InChI is InChI=1S/C12H6ClFO/c13-7-4-5-11-9(6-7)8-2-1-3-10(14)12(8)15-11/h1-6H. The number of rotatable bonds is 0. The summed E-state index contributed by atoms with van der Waals surface area (Å²) in [6, 6.07) is 10.1. The van der Waals surface area contributed by atoms with E-state index >= 15 is 0 Å². The molecular weight excluding hydrogens is 215 g/mol. The molecule has 1 heterocycles. The number of halogens is 2. The summed E-state index contributed by atoms with van der Waals surface area (Å²) in [4.78, 5) is 0. The molecule has 3 aromatic rings. The fourth-order valence-electron chi connectivity index (χ4n) is 1.74. The number of para-hydroxylation sites is 1. The lowest BCUT2D eigenvalue weighted by Crippen LogP contribution is -1.72. The van der Waals surface area contributed by atoms with E-state index in [-0.39, 0.29) is 11.4 Å². The average Bonchev–Trinajstić information content (AvgIpc) is 2.58. The molecule has 0 saturated carbocycles. The second-order valence-corrected chi connectivity index (χ2v) is 3.80. The normalized spacial score (nSPS) is 11.3. The average molecular weight is 221 g/mol. The van der Waals surface area contributed by atoms with Crippen molar-refractivity contribution in [3.63, 3.8) is 0 Å². The number of hydrogen-bond acceptors (Lipinski definition) is 1. The van der Waals surface area contributed by atoms with Crippen LogP contribution in [0.1, 0.15) is 0 Å². The summed E-state index contributed by atoms with van der Waals surface area (Å²) in [6.07, 6.45) is 0. The highest BCUT2D eigenvalue weighted by atomic mass is 35.5. The van der Waals surface area contributed by atoms with Gasteiger partial charge in [-0.15, -0.1) is 0 Å². The molecule has 0 radical (unpaired) electrons. The van der Waals surface area contributed by atoms with Crippen LogP contribution in [0.15, 0.2) is 40.8 Å². The lowest BCUT2D eigenvalue weighted by Gasteiger charge is -1.90. The first-order valence-corrected chi connectivity index (χ1v) is 4.90. The van der Waals surface area contributed by atoms with Crippen molar-refractivity contribution in [2.75, 3.05) is 0 Å². The number of furan rings is 1. The summed E-state index contributed by atoms with van der Waals surface area (Å²) in [5.74, 6) is -0.347. The third-order valence-electron chi connectivity index (χ3n) is 2.41. The Balaban J connectivity index is 2.58. The van der Waals surface area contributed by atoms with Gasteiger partial charge in [0.25, 0.3) is 0 Å². The van der Waals surface area contributed by atoms with Crippen LogP contribution in [-0.2, 0) is 0 Å². The van der Waals surface area contributed by atoms with Gasteiger partial charge < -0.3 is 4.42 Å². The highest BCUT2D eigenvalue weighted by Gasteiger charge is 2.10. The molecule has 0 fully saturated rings. The van der Waals surface area contributed by atoms with Crippen LogP contribution in [0.2, 0.25) is 5.02 Å². The van der Waals surface area contributed by atoms with Gasteiger partial charge in [0, 0.05) is 15.8 Å². The lowest BCUT2D eigenvalue weighted by molar-refractivity contribution is 0.584. The van der Waals surface area contributed by atoms with Crippen LogP contribution in [0.5, 0.6) is 0 Å². The van der Waals surface area contributed by atoms with Crippen LogP contribution >= 0.6 is 11.6 Å². The summed E-state index contributed by atoms with van der Waals surface area (Å²) in [6.45, 7) is 0. The first-order chi connectivity index (χ1) is 7.25. The molecule has 0 saturated heterocycles. The van der Waals surface area contributed by atoms with Crippen molar-refractivity contribution in [3.8, 4) is 0 Å². The Hall–Kier alpha value is -1.54. The fraction of sp³-hybridized carbons (Fsp3) is 0. The Morgan fingerprint density at radius 2 is 1.93 bits per heavy atom. The van der Waals surface area contributed by atoms with E-state index in [1.807, 2.05) is 6.07 Å². The lowest BCUT2D eigenvalue weighted by atomic mass is 10.1. The molecule has 1 aromatic heterocycles. The van der Waals surface area contributed by atoms with Gasteiger partial charge in [0.1, 0.15) is 5.58 Å². The molecular formula is C12H6ClFO. The van der Waals surface area contributed by atoms with Crippen LogP contribution in [0.4, 0.5) is 4.39 Å². The Labute approximate surface area is 90.1 Å². The SMILES string of the molecule is Fc1cccc2c1oc1ccc(Cl)cc12. The van der Waals surface area contributed by atoms with E-state index in [2.05, 4.69) is 0 Å². The molecule has 15 heavy (non-hydrogen) atoms. The zero-order valence-corrected chi connectivity index (χ0v) is 8.38. The number of hydrogen-bond donors (Lipinski definition) is 0. The second-order valence-electron chi connectivity index (χ2n) is 3.36. The summed E-state index contributed by atoms with van der Waals surface area (Å²) in [5.41, 5.74) is 0.939. The fourth-order valence-corrected chi connectivity index (χ4v) is 1.91. The van der Waals surface area contributed by atoms with Crippen molar-refractivity contribution in [1.82, 2.24) is 0 Å². The molecule has 0 aliphatic heterocycles. The maximum Gasteiger partial charge on any atom is 0.171 e. The summed E-state index contributed by atoms with van der Waals surface area (Å²) < 4.78 is 18.8. The van der Waals surface area contributed by atoms with Gasteiger partial charge in [0.15, 0.2) is 11.4 Å². The molecule has 0 unspecified atom stereocenters. The predicted octanol–water partition coefficient (Wildman–Crippen LogP) is 4.38. The minimum Gasteiger partial charge on any atom is -0.453 e. The van der Waals surface area contributed by atoms with E-state index in [9.17, 15) is 4.39 Å². The van der Waals surface area contributed by atoms with Gasteiger partial charge in [-0.25, -0.2) is 4.39 Å². The van der Waals surface area contributed by atoms with Gasteiger partial charge in [-0.05, 0) is 24.3 Å². The smallest absolute Gasteiger partial charge is 0.171 e. The van der Waals surface area contributed by atoms with Crippen molar-refractivity contribution in [2.24, 2.45) is 0 Å². The molecule has 0 amide bonds. The molecule has 74 valence electrons. The highest BCUT2D eigenvalue weighted by Crippen LogP contribution is 2.31. The van der Waals surface area contributed by atoms with E-state index in [0.29, 0.717) is 10.6 Å². The summed E-state index contributed by atoms with van der Waals surface area (Å²) in [5, 5.41) is 2.22. The molecule has 0 spiro atoms. The summed E-state index contributed by atoms with van der Waals surface area (Å²) in [7, 11) is 0. The second kappa shape index (κ2) is 2.97. The van der Waals surface area contributed by atoms with Gasteiger partial charge in [0.05, 0.1) is 0 Å². The van der Waals surface area contributed by atoms with Gasteiger partial charge in [0.2, 0.25) is 0 Å². The van der Waals surface area contributed by atoms with Gasteiger partial charge >= 0.3 is 0 Å². The Morgan fingerprint density at radius 1 is 1.07 bits per heavy atom. The van der Waals surface area contributed by atoms with Crippen LogP contribution < -0.4 is 0 Å². The van der Waals surface area contributed by atoms with E-state index in [1.165, 1.54) is 6.07 Å². The molecule has 0 atom stereocenters. The Morgan fingerprint density at radius 3 is 2.80 bits per heavy atom. The number of fused-ring (bicyclic) bond motifs is 3. The van der Waals surface area contributed by atoms with Crippen LogP contribution in [-0.4, -0.2) is 0 Å². The molecule has 0 aliphatic carbocycles. The quantitative estimate of drug-likeness (QED) is 0.548. The topological polar surface area (TPSA) is 13.1 Å². The Bertz CT molecular complexity index is 657. The maximum atomic E-state index is 13.4. The summed E-state index contributed by atoms with van der Waals surface area (Å²) >= 11 is 5.88. The Kier molecular flexibility index (Phi) is 1.73. The molecule has 3 heteroatoms. The highest BCUT2D eigenvalue weighted by molar-refractivity contribution is 6.31. The molecule has 1 nitrogen and oxygen atoms in total. The maximum absolute atomic E-state index is 13.4. The molecule has 2 aromatic carbocycles. The van der Waals surface area contributed by atoms with E-state index < -0.39 is 0 Å². The predicted molar refractivity (Wildman–Crippen MR) is 58.7 cm³/mol.